The Morgan fingerprint density at radius 1 is 0.658 bits per heavy atom. The number of hydrogen-bond donors (Lipinski definition) is 1. The summed E-state index contributed by atoms with van der Waals surface area (Å²) in [6.07, 6.45) is 6.68. The second kappa shape index (κ2) is 11.4. The van der Waals surface area contributed by atoms with E-state index in [1.54, 1.807) is 85.5 Å². The summed E-state index contributed by atoms with van der Waals surface area (Å²) in [5, 5.41) is 4.47. The van der Waals surface area contributed by atoms with Crippen molar-refractivity contribution in [2.45, 2.75) is 6.42 Å². The normalized spacial score (nSPS) is 10.7. The van der Waals surface area contributed by atoms with E-state index >= 15 is 0 Å². The molecule has 0 amide bonds. The Bertz CT molecular complexity index is 1620. The Kier molecular flexibility index (Phi) is 7.59. The minimum Gasteiger partial charge on any atom is -0.355 e. The molecule has 0 aliphatic carbocycles. The van der Waals surface area contributed by atoms with Crippen LogP contribution in [0.4, 0.5) is 11.4 Å². The maximum atomic E-state index is 13.6. The molecular weight excluding hydrogens is 517 g/mol. The number of para-hydroxylation sites is 1. The molecule has 3 aromatic carbocycles. The smallest absolute Gasteiger partial charge is 0.196 e. The first-order valence-electron chi connectivity index (χ1n) is 11.8. The Labute approximate surface area is 230 Å². The highest BCUT2D eigenvalue weighted by atomic mass is 35.5. The molecule has 5 rings (SSSR count). The minimum absolute atomic E-state index is 0.156. The second-order valence-corrected chi connectivity index (χ2v) is 9.47. The summed E-state index contributed by atoms with van der Waals surface area (Å²) < 4.78 is 0. The van der Waals surface area contributed by atoms with Crippen molar-refractivity contribution in [1.29, 1.82) is 0 Å². The summed E-state index contributed by atoms with van der Waals surface area (Å²) in [7, 11) is 0. The molecule has 0 aliphatic rings. The molecule has 0 aliphatic heterocycles. The van der Waals surface area contributed by atoms with Crippen molar-refractivity contribution in [1.82, 2.24) is 9.97 Å². The van der Waals surface area contributed by atoms with Crippen LogP contribution < -0.4 is 5.32 Å². The van der Waals surface area contributed by atoms with E-state index in [0.717, 1.165) is 16.8 Å². The van der Waals surface area contributed by atoms with Gasteiger partial charge in [-0.15, -0.1) is 0 Å². The average molecular weight is 538 g/mol. The highest BCUT2D eigenvalue weighted by Crippen LogP contribution is 2.32. The standard InChI is InChI=1S/C31H21Cl2N3O2/c32-24-8-2-9-26(17-24)36-29-20(5-1-10-28(29)31(38)22-7-4-14-35-19-22)15-23-16-25(33)11-12-27(23)30(37)21-6-3-13-34-18-21/h1-14,16-19,36H,15H2. The Morgan fingerprint density at radius 3 is 1.97 bits per heavy atom. The molecule has 2 heterocycles. The minimum atomic E-state index is -0.178. The van der Waals surface area contributed by atoms with Crippen molar-refractivity contribution in [2.24, 2.45) is 0 Å². The van der Waals surface area contributed by atoms with Gasteiger partial charge in [0, 0.05) is 69.2 Å². The predicted molar refractivity (Wildman–Crippen MR) is 151 cm³/mol. The third-order valence-corrected chi connectivity index (χ3v) is 6.50. The van der Waals surface area contributed by atoms with E-state index in [1.165, 1.54) is 0 Å². The van der Waals surface area contributed by atoms with E-state index < -0.39 is 0 Å². The maximum Gasteiger partial charge on any atom is 0.196 e. The number of nitrogens with zero attached hydrogens (tertiary/aromatic N) is 2. The monoisotopic (exact) mass is 537 g/mol. The van der Waals surface area contributed by atoms with E-state index in [-0.39, 0.29) is 11.6 Å². The van der Waals surface area contributed by atoms with E-state index in [1.807, 2.05) is 24.3 Å². The van der Waals surface area contributed by atoms with Gasteiger partial charge in [0.2, 0.25) is 0 Å². The van der Waals surface area contributed by atoms with Gasteiger partial charge in [-0.3, -0.25) is 19.6 Å². The van der Waals surface area contributed by atoms with Crippen molar-refractivity contribution >= 4 is 46.1 Å². The fourth-order valence-electron chi connectivity index (χ4n) is 4.24. The van der Waals surface area contributed by atoms with Gasteiger partial charge in [-0.2, -0.15) is 0 Å². The topological polar surface area (TPSA) is 72.0 Å². The maximum absolute atomic E-state index is 13.6. The van der Waals surface area contributed by atoms with Crippen molar-refractivity contribution < 1.29 is 9.59 Å². The van der Waals surface area contributed by atoms with Gasteiger partial charge in [0.1, 0.15) is 0 Å². The fraction of sp³-hybridized carbons (Fsp3) is 0.0323. The number of aromatic nitrogens is 2. The van der Waals surface area contributed by atoms with Gasteiger partial charge in [-0.25, -0.2) is 0 Å². The number of hydrogen-bond acceptors (Lipinski definition) is 5. The van der Waals surface area contributed by atoms with Gasteiger partial charge in [0.25, 0.3) is 0 Å². The molecule has 0 unspecified atom stereocenters. The molecule has 7 heteroatoms. The summed E-state index contributed by atoms with van der Waals surface area (Å²) in [5.74, 6) is -0.334. The van der Waals surface area contributed by atoms with Crippen molar-refractivity contribution in [2.75, 3.05) is 5.32 Å². The Morgan fingerprint density at radius 2 is 1.32 bits per heavy atom. The molecule has 2 aromatic heterocycles. The number of rotatable bonds is 8. The molecule has 186 valence electrons. The Hall–Kier alpha value is -4.32. The summed E-state index contributed by atoms with van der Waals surface area (Å²) in [6.45, 7) is 0. The lowest BCUT2D eigenvalue weighted by Gasteiger charge is -2.18. The van der Waals surface area contributed by atoms with Gasteiger partial charge in [0.15, 0.2) is 11.6 Å². The number of carbonyl (C=O) groups is 2. The molecule has 0 saturated heterocycles. The third-order valence-electron chi connectivity index (χ3n) is 6.03. The van der Waals surface area contributed by atoms with E-state index in [9.17, 15) is 9.59 Å². The number of pyridine rings is 2. The summed E-state index contributed by atoms with van der Waals surface area (Å²) in [6, 6.07) is 24.9. The molecule has 0 bridgehead atoms. The van der Waals surface area contributed by atoms with Crippen LogP contribution in [0.25, 0.3) is 0 Å². The van der Waals surface area contributed by atoms with Gasteiger partial charge in [-0.05, 0) is 77.9 Å². The van der Waals surface area contributed by atoms with Gasteiger partial charge in [0.05, 0.1) is 5.69 Å². The fourth-order valence-corrected chi connectivity index (χ4v) is 4.62. The summed E-state index contributed by atoms with van der Waals surface area (Å²) in [4.78, 5) is 35.1. The zero-order chi connectivity index (χ0) is 26.5. The largest absolute Gasteiger partial charge is 0.355 e. The van der Waals surface area contributed by atoms with Gasteiger partial charge >= 0.3 is 0 Å². The van der Waals surface area contributed by atoms with Crippen molar-refractivity contribution in [3.05, 3.63) is 153 Å². The molecule has 0 spiro atoms. The molecule has 1 N–H and O–H groups in total. The highest BCUT2D eigenvalue weighted by Gasteiger charge is 2.20. The highest BCUT2D eigenvalue weighted by molar-refractivity contribution is 6.31. The molecule has 38 heavy (non-hydrogen) atoms. The number of anilines is 2. The number of carbonyl (C=O) groups excluding carboxylic acids is 2. The second-order valence-electron chi connectivity index (χ2n) is 8.59. The van der Waals surface area contributed by atoms with Crippen LogP contribution in [0.15, 0.2) is 110 Å². The lowest BCUT2D eigenvalue weighted by Crippen LogP contribution is -2.10. The van der Waals surface area contributed by atoms with E-state index in [4.69, 9.17) is 23.2 Å². The molecule has 0 atom stereocenters. The van der Waals surface area contributed by atoms with Crippen LogP contribution in [-0.2, 0) is 6.42 Å². The molecule has 0 radical (unpaired) electrons. The van der Waals surface area contributed by atoms with Crippen LogP contribution in [0.5, 0.6) is 0 Å². The molecule has 5 nitrogen and oxygen atoms in total. The van der Waals surface area contributed by atoms with E-state index in [2.05, 4.69) is 15.3 Å². The summed E-state index contributed by atoms with van der Waals surface area (Å²) in [5.41, 5.74) is 4.81. The summed E-state index contributed by atoms with van der Waals surface area (Å²) >= 11 is 12.6. The van der Waals surface area contributed by atoms with Crippen LogP contribution in [0.3, 0.4) is 0 Å². The van der Waals surface area contributed by atoms with Crippen LogP contribution >= 0.6 is 23.2 Å². The van der Waals surface area contributed by atoms with Crippen molar-refractivity contribution in [3.8, 4) is 0 Å². The predicted octanol–water partition coefficient (Wildman–Crippen LogP) is 7.58. The van der Waals surface area contributed by atoms with E-state index in [0.29, 0.717) is 44.4 Å². The van der Waals surface area contributed by atoms with Crippen LogP contribution in [0, 0.1) is 0 Å². The lowest BCUT2D eigenvalue weighted by molar-refractivity contribution is 0.103. The van der Waals surface area contributed by atoms with Gasteiger partial charge < -0.3 is 5.32 Å². The molecule has 0 saturated carbocycles. The zero-order valence-corrected chi connectivity index (χ0v) is 21.6. The SMILES string of the molecule is O=C(c1cccnc1)c1ccc(Cl)cc1Cc1cccc(C(=O)c2cccnc2)c1Nc1cccc(Cl)c1. The number of benzene rings is 3. The third kappa shape index (κ3) is 5.65. The number of nitrogens with one attached hydrogen (secondary N) is 1. The van der Waals surface area contributed by atoms with Crippen molar-refractivity contribution in [3.63, 3.8) is 0 Å². The van der Waals surface area contributed by atoms with Crippen LogP contribution in [-0.4, -0.2) is 21.5 Å². The number of ketones is 2. The Balaban J connectivity index is 1.61. The first-order valence-corrected chi connectivity index (χ1v) is 12.6. The quantitative estimate of drug-likeness (QED) is 0.206. The average Bonchev–Trinajstić information content (AvgIpc) is 2.94. The lowest BCUT2D eigenvalue weighted by atomic mass is 9.92. The molecule has 0 fully saturated rings. The molecular formula is C31H21Cl2N3O2. The molecule has 5 aromatic rings. The van der Waals surface area contributed by atoms with Crippen LogP contribution in [0.2, 0.25) is 10.0 Å². The van der Waals surface area contributed by atoms with Crippen LogP contribution in [0.1, 0.15) is 43.0 Å². The zero-order valence-electron chi connectivity index (χ0n) is 20.1. The van der Waals surface area contributed by atoms with Gasteiger partial charge in [-0.1, -0.05) is 41.4 Å². The first-order chi connectivity index (χ1) is 18.5. The number of halogens is 2. The first kappa shape index (κ1) is 25.3.